The first-order valence-corrected chi connectivity index (χ1v) is 21.3. The third-order valence-corrected chi connectivity index (χ3v) is 14.5. The molecular weight excluding hydrogens is 731 g/mol. The minimum Gasteiger partial charge on any atom is -0.458 e. The van der Waals surface area contributed by atoms with Gasteiger partial charge in [0.25, 0.3) is 0 Å². The van der Waals surface area contributed by atoms with E-state index >= 15 is 0 Å². The molecule has 0 saturated carbocycles. The zero-order valence-electron chi connectivity index (χ0n) is 34.4. The van der Waals surface area contributed by atoms with Crippen molar-refractivity contribution >= 4 is 33.3 Å². The van der Waals surface area contributed by atoms with Gasteiger partial charge in [0.2, 0.25) is 0 Å². The van der Waals surface area contributed by atoms with Crippen molar-refractivity contribution < 1.29 is 56.4 Å². The molecule has 4 rings (SSSR count). The molecule has 14 heteroatoms. The normalized spacial score (nSPS) is 39.7. The van der Waals surface area contributed by atoms with Crippen molar-refractivity contribution in [3.05, 3.63) is 35.9 Å². The average Bonchev–Trinajstić information content (AvgIpc) is 3.42. The van der Waals surface area contributed by atoms with Crippen LogP contribution in [0.4, 0.5) is 0 Å². The number of carbonyl (C=O) groups is 4. The third-order valence-electron chi connectivity index (χ3n) is 12.4. The molecule has 0 aromatic heterocycles. The van der Waals surface area contributed by atoms with Gasteiger partial charge >= 0.3 is 11.9 Å². The number of aliphatic hydroxyl groups is 1. The number of esters is 2. The number of rotatable bonds is 10. The number of Topliss-reactive ketones (excluding diaryl/α,β-unsaturated/α-hetero) is 2. The summed E-state index contributed by atoms with van der Waals surface area (Å²) in [6, 6.07) is 9.08. The Morgan fingerprint density at radius 1 is 0.945 bits per heavy atom. The van der Waals surface area contributed by atoms with Crippen molar-refractivity contribution in [1.82, 2.24) is 4.90 Å². The number of ether oxygens (including phenoxy) is 5. The van der Waals surface area contributed by atoms with Crippen LogP contribution in [0.2, 0.25) is 0 Å². The van der Waals surface area contributed by atoms with Gasteiger partial charge < -0.3 is 33.7 Å². The molecule has 0 unspecified atom stereocenters. The summed E-state index contributed by atoms with van der Waals surface area (Å²) in [6.07, 6.45) is -3.51. The summed E-state index contributed by atoms with van der Waals surface area (Å²) in [4.78, 5) is 58.5. The summed E-state index contributed by atoms with van der Waals surface area (Å²) in [6.45, 7) is 13.1. The lowest BCUT2D eigenvalue weighted by Crippen LogP contribution is -2.59. The smallest absolute Gasteiger partial charge is 0.325 e. The van der Waals surface area contributed by atoms with E-state index in [-0.39, 0.29) is 42.9 Å². The lowest BCUT2D eigenvalue weighted by atomic mass is 9.70. The Morgan fingerprint density at radius 3 is 2.16 bits per heavy atom. The van der Waals surface area contributed by atoms with Crippen LogP contribution < -0.4 is 0 Å². The van der Waals surface area contributed by atoms with Crippen LogP contribution in [0.15, 0.2) is 30.3 Å². The maximum atomic E-state index is 14.6. The number of hydrogen-bond acceptors (Lipinski definition) is 13. The van der Waals surface area contributed by atoms with Crippen molar-refractivity contribution in [3.8, 4) is 0 Å². The van der Waals surface area contributed by atoms with E-state index in [2.05, 4.69) is 0 Å². The number of likely N-dealkylation sites (N-methyl/N-ethyl adjacent to an activating group) is 1. The first-order valence-electron chi connectivity index (χ1n) is 19.6. The zero-order valence-corrected chi connectivity index (χ0v) is 35.2. The van der Waals surface area contributed by atoms with Crippen molar-refractivity contribution in [3.63, 3.8) is 0 Å². The summed E-state index contributed by atoms with van der Waals surface area (Å²) in [5.41, 5.74) is -2.13. The number of ketones is 2. The number of nitrogens with zero attached hydrogens (tertiary/aromatic N) is 1. The number of fused-ring (bicyclic) bond motifs is 1. The van der Waals surface area contributed by atoms with Crippen LogP contribution in [0.3, 0.4) is 0 Å². The number of benzene rings is 1. The molecule has 0 radical (unpaired) electrons. The van der Waals surface area contributed by atoms with Gasteiger partial charge in [0.15, 0.2) is 32.8 Å². The molecule has 55 heavy (non-hydrogen) atoms. The predicted octanol–water partition coefficient (Wildman–Crippen LogP) is 3.96. The number of sulfone groups is 1. The summed E-state index contributed by atoms with van der Waals surface area (Å²) < 4.78 is 59.1. The summed E-state index contributed by atoms with van der Waals surface area (Å²) in [5.74, 6) is -8.54. The standard InChI is InChI=1S/C41H63NO12S/c1-12-30-41(8)31(35(38(47)54-41)55(48,49)20-16-19-28-17-14-13-15-18-28)25(4)32(43)23(2)22-40(7,50-11)36(26(5)33(44)27(6)37(46)52-30)53-39-34(45)29(42(9)10)21-24(3)51-39/h13-15,17-18,23-27,29-31,34-36,39,45H,12,16,19-22H2,1-11H3/t23-,24-,25-,26+,27-,29+,30-,31+,34-,35+,36-,39+,40-,41-/m1/s1. The molecule has 1 aromatic carbocycles. The number of hydrogen-bond donors (Lipinski definition) is 1. The summed E-state index contributed by atoms with van der Waals surface area (Å²) in [7, 11) is 0.927. The van der Waals surface area contributed by atoms with Crippen LogP contribution in [0, 0.1) is 29.6 Å². The molecule has 14 atom stereocenters. The number of aryl methyl sites for hydroxylation is 1. The highest BCUT2D eigenvalue weighted by molar-refractivity contribution is 7.92. The van der Waals surface area contributed by atoms with Gasteiger partial charge in [-0.05, 0) is 79.5 Å². The molecule has 3 aliphatic heterocycles. The Labute approximate surface area is 327 Å². The fourth-order valence-electron chi connectivity index (χ4n) is 9.20. The Hall–Kier alpha value is -2.75. The maximum Gasteiger partial charge on any atom is 0.325 e. The van der Waals surface area contributed by atoms with E-state index < -0.39 is 98.2 Å². The molecule has 3 fully saturated rings. The van der Waals surface area contributed by atoms with E-state index in [0.29, 0.717) is 12.8 Å². The molecule has 1 N–H and O–H groups in total. The van der Waals surface area contributed by atoms with Crippen LogP contribution in [0.5, 0.6) is 0 Å². The van der Waals surface area contributed by atoms with Crippen LogP contribution >= 0.6 is 0 Å². The van der Waals surface area contributed by atoms with Gasteiger partial charge in [0, 0.05) is 36.8 Å². The van der Waals surface area contributed by atoms with E-state index in [9.17, 15) is 32.7 Å². The van der Waals surface area contributed by atoms with Crippen molar-refractivity contribution in [2.45, 2.75) is 141 Å². The molecule has 0 bridgehead atoms. The molecule has 0 spiro atoms. The molecule has 3 saturated heterocycles. The second kappa shape index (κ2) is 17.8. The molecule has 0 aliphatic carbocycles. The highest BCUT2D eigenvalue weighted by atomic mass is 32.2. The minimum atomic E-state index is -4.19. The molecule has 3 aliphatic rings. The second-order valence-electron chi connectivity index (χ2n) is 16.7. The lowest BCUT2D eigenvalue weighted by molar-refractivity contribution is -0.295. The van der Waals surface area contributed by atoms with E-state index in [1.165, 1.54) is 21.0 Å². The van der Waals surface area contributed by atoms with Crippen LogP contribution in [-0.4, -0.2) is 122 Å². The van der Waals surface area contributed by atoms with Gasteiger partial charge in [-0.25, -0.2) is 8.42 Å². The van der Waals surface area contributed by atoms with Crippen LogP contribution in [0.1, 0.15) is 86.6 Å². The largest absolute Gasteiger partial charge is 0.458 e. The van der Waals surface area contributed by atoms with Crippen molar-refractivity contribution in [2.24, 2.45) is 29.6 Å². The number of methoxy groups -OCH3 is 1. The fraction of sp³-hybridized carbons (Fsp3) is 0.756. The third kappa shape index (κ3) is 9.36. The molecule has 0 amide bonds. The Balaban J connectivity index is 1.78. The summed E-state index contributed by atoms with van der Waals surface area (Å²) in [5, 5.41) is 9.71. The van der Waals surface area contributed by atoms with Crippen LogP contribution in [0.25, 0.3) is 0 Å². The first-order chi connectivity index (χ1) is 25.6. The minimum absolute atomic E-state index is 0.00714. The molecule has 1 aromatic rings. The van der Waals surface area contributed by atoms with Gasteiger partial charge in [-0.1, -0.05) is 58.0 Å². The number of carbonyl (C=O) groups excluding carboxylic acids is 4. The molecule has 13 nitrogen and oxygen atoms in total. The van der Waals surface area contributed by atoms with Gasteiger partial charge in [0.1, 0.15) is 23.9 Å². The highest BCUT2D eigenvalue weighted by Gasteiger charge is 2.64. The van der Waals surface area contributed by atoms with Gasteiger partial charge in [-0.3, -0.25) is 19.2 Å². The van der Waals surface area contributed by atoms with Crippen molar-refractivity contribution in [1.29, 1.82) is 0 Å². The second-order valence-corrected chi connectivity index (χ2v) is 18.9. The number of aliphatic hydroxyl groups excluding tert-OH is 1. The molecule has 3 heterocycles. The molecule has 310 valence electrons. The topological polar surface area (TPSA) is 172 Å². The Kier molecular flexibility index (Phi) is 14.6. The fourth-order valence-corrected chi connectivity index (χ4v) is 11.3. The Bertz CT molecular complexity index is 1640. The van der Waals surface area contributed by atoms with E-state index in [1.54, 1.807) is 34.6 Å². The van der Waals surface area contributed by atoms with E-state index in [1.807, 2.05) is 56.3 Å². The first kappa shape index (κ1) is 45.0. The van der Waals surface area contributed by atoms with Crippen LogP contribution in [-0.2, 0) is 59.1 Å². The highest BCUT2D eigenvalue weighted by Crippen LogP contribution is 2.47. The summed E-state index contributed by atoms with van der Waals surface area (Å²) >= 11 is 0. The monoisotopic (exact) mass is 793 g/mol. The quantitative estimate of drug-likeness (QED) is 0.267. The zero-order chi connectivity index (χ0) is 41.2. The molecular formula is C41H63NO12S. The van der Waals surface area contributed by atoms with Crippen molar-refractivity contribution in [2.75, 3.05) is 27.0 Å². The van der Waals surface area contributed by atoms with E-state index in [0.717, 1.165) is 5.56 Å². The van der Waals surface area contributed by atoms with Gasteiger partial charge in [0.05, 0.1) is 23.6 Å². The SMILES string of the molecule is CC[C@H]1OC(=O)[C@H](C)C(=O)[C@H](C)[C@@H](O[C@@H]2O[C@H](C)C[C@H](N(C)C)[C@H]2O)[C@](C)(OC)C[C@@H](C)C(=O)[C@H](C)[C@H]2[C@H](S(=O)(=O)CCCc3ccccc3)C(=O)O[C@@]21C. The average molecular weight is 794 g/mol. The maximum absolute atomic E-state index is 14.6. The number of cyclic esters (lactones) is 1. The van der Waals surface area contributed by atoms with E-state index in [4.69, 9.17) is 23.7 Å². The van der Waals surface area contributed by atoms with Gasteiger partial charge in [-0.2, -0.15) is 0 Å². The van der Waals surface area contributed by atoms with Gasteiger partial charge in [-0.15, -0.1) is 0 Å². The predicted molar refractivity (Wildman–Crippen MR) is 205 cm³/mol. The lowest BCUT2D eigenvalue weighted by Gasteiger charge is -2.47. The Morgan fingerprint density at radius 2 is 1.58 bits per heavy atom.